The van der Waals surface area contributed by atoms with Crippen molar-refractivity contribution in [2.75, 3.05) is 0 Å². The third-order valence-corrected chi connectivity index (χ3v) is 3.84. The molecule has 1 aromatic rings. The summed E-state index contributed by atoms with van der Waals surface area (Å²) in [6, 6.07) is 1.37. The molecule has 1 rings (SSSR count). The van der Waals surface area contributed by atoms with Crippen molar-refractivity contribution in [2.24, 2.45) is 4.40 Å². The first kappa shape index (κ1) is 16.5. The first-order chi connectivity index (χ1) is 9.04. The average Bonchev–Trinajstić information content (AvgIpc) is 2.30. The van der Waals surface area contributed by atoms with Crippen LogP contribution >= 0.6 is 0 Å². The van der Waals surface area contributed by atoms with Crippen molar-refractivity contribution in [3.05, 3.63) is 39.4 Å². The van der Waals surface area contributed by atoms with E-state index in [1.165, 1.54) is 6.92 Å². The van der Waals surface area contributed by atoms with E-state index in [0.29, 0.717) is 6.07 Å². The molecule has 0 heterocycles. The summed E-state index contributed by atoms with van der Waals surface area (Å²) in [5.74, 6) is -2.59. The Hall–Kier alpha value is -1.54. The lowest BCUT2D eigenvalue weighted by atomic mass is 10.1. The van der Waals surface area contributed by atoms with E-state index in [2.05, 4.69) is 4.40 Å². The third kappa shape index (κ3) is 3.73. The highest BCUT2D eigenvalue weighted by atomic mass is 32.2. The smallest absolute Gasteiger partial charge is 0.273 e. The van der Waals surface area contributed by atoms with Gasteiger partial charge in [-0.2, -0.15) is 0 Å². The Bertz CT molecular complexity index is 571. The molecule has 0 spiro atoms. The summed E-state index contributed by atoms with van der Waals surface area (Å²) in [5, 5.41) is 10.6. The van der Waals surface area contributed by atoms with Crippen molar-refractivity contribution in [1.29, 1.82) is 0 Å². The van der Waals surface area contributed by atoms with Crippen molar-refractivity contribution >= 4 is 22.8 Å². The molecule has 0 saturated carbocycles. The van der Waals surface area contributed by atoms with Gasteiger partial charge in [0.2, 0.25) is 0 Å². The average molecular weight is 304 g/mol. The molecule has 8 heteroatoms. The van der Waals surface area contributed by atoms with Crippen molar-refractivity contribution < 1.29 is 18.3 Å². The van der Waals surface area contributed by atoms with E-state index in [1.807, 2.05) is 0 Å². The molecule has 0 saturated heterocycles. The number of hydrogen-bond acceptors (Lipinski definition) is 4. The van der Waals surface area contributed by atoms with E-state index in [9.17, 15) is 23.4 Å². The van der Waals surface area contributed by atoms with Gasteiger partial charge in [0, 0.05) is 11.6 Å². The van der Waals surface area contributed by atoms with Crippen LogP contribution in [0.3, 0.4) is 0 Å². The Balaban J connectivity index is 3.32. The molecule has 5 nitrogen and oxygen atoms in total. The lowest BCUT2D eigenvalue weighted by molar-refractivity contribution is -0.385. The fraction of sp³-hybridized carbons (Fsp3) is 0.417. The van der Waals surface area contributed by atoms with Crippen LogP contribution in [0.25, 0.3) is 0 Å². The van der Waals surface area contributed by atoms with Gasteiger partial charge in [-0.05, 0) is 27.7 Å². The highest BCUT2D eigenvalue weighted by molar-refractivity contribution is 7.91. The van der Waals surface area contributed by atoms with Gasteiger partial charge in [0.1, 0.15) is 16.1 Å². The zero-order valence-electron chi connectivity index (χ0n) is 11.4. The molecule has 0 aliphatic heterocycles. The van der Waals surface area contributed by atoms with E-state index < -0.39 is 38.4 Å². The molecule has 0 amide bonds. The minimum absolute atomic E-state index is 0.0571. The van der Waals surface area contributed by atoms with Crippen molar-refractivity contribution in [1.82, 2.24) is 0 Å². The minimum atomic E-state index is -1.67. The normalized spacial score (nSPS) is 14.2. The Kier molecular flexibility index (Phi) is 4.82. The summed E-state index contributed by atoms with van der Waals surface area (Å²) in [7, 11) is 0. The summed E-state index contributed by atoms with van der Waals surface area (Å²) in [4.78, 5) is 9.80. The lowest BCUT2D eigenvalue weighted by Gasteiger charge is -2.18. The highest BCUT2D eigenvalue weighted by Crippen LogP contribution is 2.23. The quantitative estimate of drug-likeness (QED) is 0.372. The van der Waals surface area contributed by atoms with Crippen molar-refractivity contribution in [2.45, 2.75) is 32.4 Å². The molecule has 0 aliphatic carbocycles. The van der Waals surface area contributed by atoms with Gasteiger partial charge in [-0.25, -0.2) is 8.78 Å². The number of benzene rings is 1. The van der Waals surface area contributed by atoms with E-state index in [4.69, 9.17) is 0 Å². The molecule has 0 radical (unpaired) electrons. The molecular weight excluding hydrogens is 290 g/mol. The van der Waals surface area contributed by atoms with E-state index in [1.54, 1.807) is 20.8 Å². The van der Waals surface area contributed by atoms with E-state index in [0.717, 1.165) is 6.07 Å². The second kappa shape index (κ2) is 5.84. The summed E-state index contributed by atoms with van der Waals surface area (Å²) in [5.41, 5.74) is -1.01. The second-order valence-electron chi connectivity index (χ2n) is 5.08. The first-order valence-corrected chi connectivity index (χ1v) is 6.76. The fourth-order valence-electron chi connectivity index (χ4n) is 1.25. The second-order valence-corrected chi connectivity index (χ2v) is 6.99. The number of non-ortho nitro benzene ring substituents is 1. The monoisotopic (exact) mass is 304 g/mol. The number of nitrogens with zero attached hydrogens (tertiary/aromatic N) is 2. The van der Waals surface area contributed by atoms with Crippen molar-refractivity contribution in [3.63, 3.8) is 0 Å². The van der Waals surface area contributed by atoms with E-state index >= 15 is 0 Å². The molecular formula is C12H14F2N2O3S. The summed E-state index contributed by atoms with van der Waals surface area (Å²) in [6.45, 7) is 6.34. The summed E-state index contributed by atoms with van der Waals surface area (Å²) >= 11 is -1.67. The zero-order valence-corrected chi connectivity index (χ0v) is 12.3. The van der Waals surface area contributed by atoms with Gasteiger partial charge < -0.3 is 4.55 Å². The standard InChI is InChI=1S/C12H14F2N2O3S/c1-7(15-20(19)12(2,3)4)9-5-8(16(17)18)6-10(13)11(9)14/h5-6H,1-4H3/b15-7+/t20-/m1/s1. The fourth-order valence-corrected chi connectivity index (χ4v) is 1.87. The Labute approximate surface area is 118 Å². The van der Waals surface area contributed by atoms with Gasteiger partial charge in [-0.15, -0.1) is 0 Å². The van der Waals surface area contributed by atoms with Crippen LogP contribution in [0.4, 0.5) is 14.5 Å². The topological polar surface area (TPSA) is 78.6 Å². The SMILES string of the molecule is C/C(=N\[S@+]([O-])C(C)(C)C)c1cc([N+](=O)[O-])cc(F)c1F. The van der Waals surface area contributed by atoms with Crippen molar-refractivity contribution in [3.8, 4) is 0 Å². The molecule has 110 valence electrons. The number of hydrogen-bond donors (Lipinski definition) is 0. The van der Waals surface area contributed by atoms with Crippen LogP contribution in [0.1, 0.15) is 33.3 Å². The van der Waals surface area contributed by atoms with Gasteiger partial charge in [-0.3, -0.25) is 10.1 Å². The number of nitro benzene ring substituents is 1. The maximum absolute atomic E-state index is 13.7. The Morgan fingerprint density at radius 1 is 1.35 bits per heavy atom. The molecule has 20 heavy (non-hydrogen) atoms. The molecule has 0 bridgehead atoms. The molecule has 0 N–H and O–H groups in total. The number of rotatable bonds is 3. The van der Waals surface area contributed by atoms with Gasteiger partial charge >= 0.3 is 0 Å². The highest BCUT2D eigenvalue weighted by Gasteiger charge is 2.28. The minimum Gasteiger partial charge on any atom is -0.591 e. The van der Waals surface area contributed by atoms with Crippen LogP contribution in [0.5, 0.6) is 0 Å². The molecule has 0 aromatic heterocycles. The molecule has 0 fully saturated rings. The largest absolute Gasteiger partial charge is 0.591 e. The van der Waals surface area contributed by atoms with Gasteiger partial charge in [0.25, 0.3) is 5.69 Å². The number of nitro groups is 1. The third-order valence-electron chi connectivity index (χ3n) is 2.36. The summed E-state index contributed by atoms with van der Waals surface area (Å²) in [6.07, 6.45) is 0. The Morgan fingerprint density at radius 3 is 2.35 bits per heavy atom. The first-order valence-electron chi connectivity index (χ1n) is 5.65. The summed E-state index contributed by atoms with van der Waals surface area (Å²) < 4.78 is 41.9. The van der Waals surface area contributed by atoms with E-state index in [-0.39, 0.29) is 11.3 Å². The van der Waals surface area contributed by atoms with Crippen LogP contribution < -0.4 is 0 Å². The van der Waals surface area contributed by atoms with Crippen LogP contribution in [0.2, 0.25) is 0 Å². The Morgan fingerprint density at radius 2 is 1.90 bits per heavy atom. The molecule has 0 unspecified atom stereocenters. The maximum atomic E-state index is 13.7. The predicted octanol–water partition coefficient (Wildman–Crippen LogP) is 3.14. The van der Waals surface area contributed by atoms with Gasteiger partial charge in [0.15, 0.2) is 11.6 Å². The zero-order chi connectivity index (χ0) is 15.7. The van der Waals surface area contributed by atoms with Crippen LogP contribution in [0.15, 0.2) is 16.5 Å². The number of halogens is 2. The van der Waals surface area contributed by atoms with Crippen LogP contribution in [-0.2, 0) is 11.4 Å². The van der Waals surface area contributed by atoms with Crippen LogP contribution in [0, 0.1) is 21.7 Å². The van der Waals surface area contributed by atoms with Gasteiger partial charge in [-0.1, -0.05) is 4.40 Å². The maximum Gasteiger partial charge on any atom is 0.273 e. The predicted molar refractivity (Wildman–Crippen MR) is 73.1 cm³/mol. The molecule has 1 aromatic carbocycles. The molecule has 0 aliphatic rings. The lowest BCUT2D eigenvalue weighted by Crippen LogP contribution is -2.26. The molecule has 1 atom stereocenters. The van der Waals surface area contributed by atoms with Gasteiger partial charge in [0.05, 0.1) is 16.7 Å². The van der Waals surface area contributed by atoms with Crippen LogP contribution in [-0.4, -0.2) is 19.9 Å².